The molecular weight excluding hydrogens is 308 g/mol. The van der Waals surface area contributed by atoms with Crippen molar-refractivity contribution in [2.45, 2.75) is 52.5 Å². The number of hydrogen-bond acceptors (Lipinski definition) is 4. The van der Waals surface area contributed by atoms with Crippen molar-refractivity contribution in [2.24, 2.45) is 0 Å². The minimum atomic E-state index is -2.59. The Hall–Kier alpha value is -0.883. The van der Waals surface area contributed by atoms with Crippen LogP contribution in [-0.4, -0.2) is 35.7 Å². The van der Waals surface area contributed by atoms with E-state index in [0.717, 1.165) is 37.5 Å². The molecule has 0 unspecified atom stereocenters. The monoisotopic (exact) mass is 340 g/mol. The summed E-state index contributed by atoms with van der Waals surface area (Å²) in [5.74, 6) is 0.879. The molecule has 0 amide bonds. The van der Waals surface area contributed by atoms with Crippen LogP contribution in [0.5, 0.6) is 5.75 Å². The molecule has 23 heavy (non-hydrogen) atoms. The highest BCUT2D eigenvalue weighted by molar-refractivity contribution is 6.60. The highest BCUT2D eigenvalue weighted by Crippen LogP contribution is 2.21. The molecule has 0 fully saturated rings. The number of aryl methyl sites for hydroxylation is 1. The third kappa shape index (κ3) is 7.48. The summed E-state index contributed by atoms with van der Waals surface area (Å²) >= 11 is 0. The molecule has 0 aliphatic heterocycles. The Bertz CT molecular complexity index is 386. The largest absolute Gasteiger partial charge is 0.501 e. The maximum atomic E-state index is 6.12. The van der Waals surface area contributed by atoms with Crippen molar-refractivity contribution in [3.63, 3.8) is 0 Å². The van der Waals surface area contributed by atoms with Crippen LogP contribution in [0.4, 0.5) is 0 Å². The Morgan fingerprint density at radius 2 is 1.26 bits per heavy atom. The molecule has 0 bridgehead atoms. The first-order valence-electron chi connectivity index (χ1n) is 8.74. The molecule has 0 aromatic heterocycles. The Balaban J connectivity index is 2.73. The summed E-state index contributed by atoms with van der Waals surface area (Å²) in [6.45, 7) is 8.43. The molecule has 0 N–H and O–H groups in total. The molecule has 4 nitrogen and oxygen atoms in total. The number of methoxy groups -OCH3 is 1. The van der Waals surface area contributed by atoms with Crippen LogP contribution in [0.3, 0.4) is 0 Å². The fourth-order valence-corrected chi connectivity index (χ4v) is 5.03. The fraction of sp³-hybridized carbons (Fsp3) is 0.667. The predicted octanol–water partition coefficient (Wildman–Crippen LogP) is 4.46. The second-order valence-electron chi connectivity index (χ2n) is 5.58. The predicted molar refractivity (Wildman–Crippen MR) is 96.0 cm³/mol. The normalized spacial score (nSPS) is 11.7. The van der Waals surface area contributed by atoms with Crippen molar-refractivity contribution in [3.8, 4) is 5.75 Å². The lowest BCUT2D eigenvalue weighted by atomic mass is 10.2. The molecule has 0 spiro atoms. The zero-order valence-corrected chi connectivity index (χ0v) is 16.1. The van der Waals surface area contributed by atoms with Gasteiger partial charge in [0.05, 0.1) is 7.11 Å². The molecule has 0 radical (unpaired) electrons. The third-order valence-corrected chi connectivity index (χ3v) is 6.25. The van der Waals surface area contributed by atoms with Gasteiger partial charge in [-0.25, -0.2) is 0 Å². The van der Waals surface area contributed by atoms with Crippen LogP contribution in [0.2, 0.25) is 6.04 Å². The summed E-state index contributed by atoms with van der Waals surface area (Å²) in [6.07, 6.45) is 3.82. The molecule has 1 aromatic rings. The van der Waals surface area contributed by atoms with Gasteiger partial charge in [-0.05, 0) is 43.4 Å². The first-order valence-corrected chi connectivity index (χ1v) is 10.7. The summed E-state index contributed by atoms with van der Waals surface area (Å²) in [7, 11) is -0.911. The first kappa shape index (κ1) is 20.2. The van der Waals surface area contributed by atoms with Crippen LogP contribution in [0.25, 0.3) is 0 Å². The average molecular weight is 341 g/mol. The van der Waals surface area contributed by atoms with Crippen molar-refractivity contribution >= 4 is 8.80 Å². The highest BCUT2D eigenvalue weighted by Gasteiger charge is 2.40. The minimum absolute atomic E-state index is 0.697. The zero-order valence-electron chi connectivity index (χ0n) is 15.1. The van der Waals surface area contributed by atoms with Crippen molar-refractivity contribution in [3.05, 3.63) is 29.8 Å². The summed E-state index contributed by atoms with van der Waals surface area (Å²) in [4.78, 5) is 0. The Morgan fingerprint density at radius 3 is 1.65 bits per heavy atom. The number of hydrogen-bond donors (Lipinski definition) is 0. The fourth-order valence-electron chi connectivity index (χ4n) is 2.20. The average Bonchev–Trinajstić information content (AvgIpc) is 2.61. The molecule has 1 rings (SSSR count). The third-order valence-electron chi connectivity index (χ3n) is 3.46. The second-order valence-corrected chi connectivity index (χ2v) is 8.31. The minimum Gasteiger partial charge on any atom is -0.497 e. The lowest BCUT2D eigenvalue weighted by molar-refractivity contribution is 0.0593. The van der Waals surface area contributed by atoms with E-state index in [1.807, 2.05) is 12.1 Å². The van der Waals surface area contributed by atoms with Crippen molar-refractivity contribution < 1.29 is 18.0 Å². The lowest BCUT2D eigenvalue weighted by Gasteiger charge is -2.29. The van der Waals surface area contributed by atoms with Gasteiger partial charge in [0.15, 0.2) is 0 Å². The number of rotatable bonds is 13. The van der Waals surface area contributed by atoms with E-state index in [4.69, 9.17) is 18.0 Å². The maximum absolute atomic E-state index is 6.12. The van der Waals surface area contributed by atoms with E-state index in [-0.39, 0.29) is 0 Å². The van der Waals surface area contributed by atoms with Crippen LogP contribution >= 0.6 is 0 Å². The topological polar surface area (TPSA) is 36.9 Å². The molecular formula is C18H32O4Si. The molecule has 5 heteroatoms. The van der Waals surface area contributed by atoms with Gasteiger partial charge >= 0.3 is 8.80 Å². The van der Waals surface area contributed by atoms with Gasteiger partial charge in [0.1, 0.15) is 5.75 Å². The zero-order chi connectivity index (χ0) is 17.0. The molecule has 0 heterocycles. The van der Waals surface area contributed by atoms with Crippen molar-refractivity contribution in [1.29, 1.82) is 0 Å². The van der Waals surface area contributed by atoms with Crippen LogP contribution in [0, 0.1) is 0 Å². The van der Waals surface area contributed by atoms with Gasteiger partial charge in [-0.3, -0.25) is 0 Å². The molecule has 0 saturated carbocycles. The first-order chi connectivity index (χ1) is 11.2. The summed E-state index contributed by atoms with van der Waals surface area (Å²) in [6, 6.07) is 8.99. The summed E-state index contributed by atoms with van der Waals surface area (Å²) in [5.41, 5.74) is 1.25. The number of benzene rings is 1. The number of ether oxygens (including phenoxy) is 1. The van der Waals surface area contributed by atoms with Gasteiger partial charge in [0.25, 0.3) is 0 Å². The summed E-state index contributed by atoms with van der Waals surface area (Å²) in [5, 5.41) is 0. The van der Waals surface area contributed by atoms with E-state index in [2.05, 4.69) is 32.9 Å². The van der Waals surface area contributed by atoms with Gasteiger partial charge in [-0.15, -0.1) is 0 Å². The van der Waals surface area contributed by atoms with Crippen molar-refractivity contribution in [2.75, 3.05) is 26.9 Å². The molecule has 0 saturated heterocycles. The standard InChI is InChI=1S/C18H32O4Si/c1-5-13-20-23(21-14-6-2,22-15-7-3)16-12-17-8-10-18(19-4)11-9-17/h8-11H,5-7,12-16H2,1-4H3. The van der Waals surface area contributed by atoms with E-state index >= 15 is 0 Å². The Kier molecular flexibility index (Phi) is 10.2. The maximum Gasteiger partial charge on any atom is 0.501 e. The van der Waals surface area contributed by atoms with Crippen LogP contribution < -0.4 is 4.74 Å². The quantitative estimate of drug-likeness (QED) is 0.497. The van der Waals surface area contributed by atoms with Crippen LogP contribution in [0.1, 0.15) is 45.6 Å². The molecule has 0 atom stereocenters. The molecule has 0 aliphatic carbocycles. The van der Waals surface area contributed by atoms with Crippen LogP contribution in [-0.2, 0) is 19.7 Å². The van der Waals surface area contributed by atoms with E-state index in [9.17, 15) is 0 Å². The van der Waals surface area contributed by atoms with Crippen molar-refractivity contribution in [1.82, 2.24) is 0 Å². The van der Waals surface area contributed by atoms with Gasteiger partial charge < -0.3 is 18.0 Å². The Morgan fingerprint density at radius 1 is 0.783 bits per heavy atom. The highest BCUT2D eigenvalue weighted by atomic mass is 28.4. The van der Waals surface area contributed by atoms with E-state index in [1.165, 1.54) is 5.56 Å². The lowest BCUT2D eigenvalue weighted by Crippen LogP contribution is -2.47. The van der Waals surface area contributed by atoms with Crippen LogP contribution in [0.15, 0.2) is 24.3 Å². The van der Waals surface area contributed by atoms with E-state index in [1.54, 1.807) is 7.11 Å². The second kappa shape index (κ2) is 11.6. The Labute approximate surface area is 142 Å². The molecule has 0 aliphatic rings. The smallest absolute Gasteiger partial charge is 0.497 e. The van der Waals surface area contributed by atoms with Gasteiger partial charge in [-0.2, -0.15) is 0 Å². The van der Waals surface area contributed by atoms with E-state index in [0.29, 0.717) is 19.8 Å². The SMILES string of the molecule is CCCO[Si](CCc1ccc(OC)cc1)(OCCC)OCCC. The molecule has 1 aromatic carbocycles. The van der Waals surface area contributed by atoms with Gasteiger partial charge in [0.2, 0.25) is 0 Å². The summed E-state index contributed by atoms with van der Waals surface area (Å²) < 4.78 is 23.6. The molecule has 132 valence electrons. The van der Waals surface area contributed by atoms with E-state index < -0.39 is 8.80 Å². The van der Waals surface area contributed by atoms with Gasteiger partial charge in [-0.1, -0.05) is 32.9 Å². The van der Waals surface area contributed by atoms with Gasteiger partial charge in [0, 0.05) is 25.9 Å².